The van der Waals surface area contributed by atoms with Crippen LogP contribution in [0.2, 0.25) is 0 Å². The van der Waals surface area contributed by atoms with Crippen molar-refractivity contribution in [2.75, 3.05) is 26.4 Å². The number of nitrogens with two attached hydrogens (primary N) is 1. The summed E-state index contributed by atoms with van der Waals surface area (Å²) in [5.41, 5.74) is 6.01. The molecule has 92 valence electrons. The van der Waals surface area contributed by atoms with Crippen LogP contribution in [-0.2, 0) is 14.2 Å². The molecule has 1 atom stereocenters. The lowest BCUT2D eigenvalue weighted by Gasteiger charge is -2.41. The van der Waals surface area contributed by atoms with E-state index in [2.05, 4.69) is 6.08 Å². The van der Waals surface area contributed by atoms with E-state index in [1.54, 1.807) is 0 Å². The molecule has 0 aromatic rings. The maximum Gasteiger partial charge on any atom is 0.112 e. The van der Waals surface area contributed by atoms with E-state index in [1.165, 1.54) is 0 Å². The Morgan fingerprint density at radius 3 is 2.75 bits per heavy atom. The van der Waals surface area contributed by atoms with Crippen LogP contribution in [0, 0.1) is 0 Å². The number of hydrogen-bond donors (Lipinski definition) is 1. The van der Waals surface area contributed by atoms with E-state index in [9.17, 15) is 0 Å². The Labute approximate surface area is 96.7 Å². The second-order valence-corrected chi connectivity index (χ2v) is 4.33. The average Bonchev–Trinajstić information content (AvgIpc) is 2.83. The Balaban J connectivity index is 2.10. The molecule has 2 aliphatic heterocycles. The molecule has 4 nitrogen and oxygen atoms in total. The van der Waals surface area contributed by atoms with Gasteiger partial charge in [0.2, 0.25) is 0 Å². The predicted octanol–water partition coefficient (Wildman–Crippen LogP) is 1.20. The second kappa shape index (κ2) is 5.17. The first-order valence-electron chi connectivity index (χ1n) is 6.08. The highest BCUT2D eigenvalue weighted by atomic mass is 16.5. The van der Waals surface area contributed by atoms with Gasteiger partial charge in [0.1, 0.15) is 5.76 Å². The molecule has 0 bridgehead atoms. The van der Waals surface area contributed by atoms with E-state index in [1.807, 2.05) is 6.92 Å². The lowest BCUT2D eigenvalue weighted by atomic mass is 9.85. The first kappa shape index (κ1) is 11.9. The van der Waals surface area contributed by atoms with E-state index in [4.69, 9.17) is 19.9 Å². The number of rotatable bonds is 4. The molecular weight excluding hydrogens is 206 g/mol. The highest BCUT2D eigenvalue weighted by molar-refractivity contribution is 5.14. The zero-order valence-electron chi connectivity index (χ0n) is 9.91. The summed E-state index contributed by atoms with van der Waals surface area (Å²) in [7, 11) is 0. The van der Waals surface area contributed by atoms with Gasteiger partial charge >= 0.3 is 0 Å². The van der Waals surface area contributed by atoms with Gasteiger partial charge in [0.05, 0.1) is 18.2 Å². The topological polar surface area (TPSA) is 53.7 Å². The third-order valence-corrected chi connectivity index (χ3v) is 3.38. The Kier molecular flexibility index (Phi) is 3.84. The summed E-state index contributed by atoms with van der Waals surface area (Å²) < 4.78 is 16.9. The van der Waals surface area contributed by atoms with E-state index in [0.717, 1.165) is 44.8 Å². The number of ether oxygens (including phenoxy) is 3. The Bertz CT molecular complexity index is 253. The summed E-state index contributed by atoms with van der Waals surface area (Å²) in [5, 5.41) is 0. The summed E-state index contributed by atoms with van der Waals surface area (Å²) in [6.07, 6.45) is 4.74. The summed E-state index contributed by atoms with van der Waals surface area (Å²) in [4.78, 5) is 0. The SMILES string of the molecule is CCOC1(C(N)C2=CCCO2)CCOCC1. The minimum absolute atomic E-state index is 0.154. The van der Waals surface area contributed by atoms with Crippen molar-refractivity contribution in [3.63, 3.8) is 0 Å². The van der Waals surface area contributed by atoms with Gasteiger partial charge in [-0.1, -0.05) is 0 Å². The molecule has 1 saturated heterocycles. The second-order valence-electron chi connectivity index (χ2n) is 4.33. The fourth-order valence-electron chi connectivity index (χ4n) is 2.46. The Hall–Kier alpha value is -0.580. The highest BCUT2D eigenvalue weighted by Crippen LogP contribution is 2.32. The molecule has 2 aliphatic rings. The average molecular weight is 227 g/mol. The van der Waals surface area contributed by atoms with Crippen molar-refractivity contribution in [2.45, 2.75) is 37.8 Å². The third-order valence-electron chi connectivity index (χ3n) is 3.38. The van der Waals surface area contributed by atoms with Gasteiger partial charge in [-0.3, -0.25) is 0 Å². The molecule has 2 rings (SSSR count). The van der Waals surface area contributed by atoms with Crippen molar-refractivity contribution in [2.24, 2.45) is 5.73 Å². The summed E-state index contributed by atoms with van der Waals surface area (Å²) in [5.74, 6) is 0.898. The van der Waals surface area contributed by atoms with E-state index in [-0.39, 0.29) is 11.6 Å². The van der Waals surface area contributed by atoms with Crippen molar-refractivity contribution >= 4 is 0 Å². The van der Waals surface area contributed by atoms with E-state index >= 15 is 0 Å². The molecule has 1 fully saturated rings. The molecule has 0 radical (unpaired) electrons. The largest absolute Gasteiger partial charge is 0.496 e. The molecule has 4 heteroatoms. The van der Waals surface area contributed by atoms with Crippen LogP contribution in [0.1, 0.15) is 26.2 Å². The molecular formula is C12H21NO3. The van der Waals surface area contributed by atoms with Crippen molar-refractivity contribution in [3.8, 4) is 0 Å². The predicted molar refractivity (Wildman–Crippen MR) is 61.0 cm³/mol. The van der Waals surface area contributed by atoms with Gasteiger partial charge in [0.15, 0.2) is 0 Å². The van der Waals surface area contributed by atoms with E-state index < -0.39 is 0 Å². The van der Waals surface area contributed by atoms with Gasteiger partial charge in [-0.25, -0.2) is 0 Å². The van der Waals surface area contributed by atoms with Crippen LogP contribution in [0.5, 0.6) is 0 Å². The van der Waals surface area contributed by atoms with Crippen molar-refractivity contribution in [3.05, 3.63) is 11.8 Å². The minimum atomic E-state index is -0.289. The Morgan fingerprint density at radius 2 is 2.19 bits per heavy atom. The zero-order valence-corrected chi connectivity index (χ0v) is 9.91. The van der Waals surface area contributed by atoms with Crippen molar-refractivity contribution < 1.29 is 14.2 Å². The van der Waals surface area contributed by atoms with Crippen molar-refractivity contribution in [1.29, 1.82) is 0 Å². The summed E-state index contributed by atoms with van der Waals surface area (Å²) in [6, 6.07) is -0.154. The minimum Gasteiger partial charge on any atom is -0.496 e. The zero-order chi connectivity index (χ0) is 11.4. The van der Waals surface area contributed by atoms with Gasteiger partial charge in [-0.05, 0) is 13.0 Å². The molecule has 0 aromatic heterocycles. The normalized spacial score (nSPS) is 26.0. The van der Waals surface area contributed by atoms with Gasteiger partial charge in [0.25, 0.3) is 0 Å². The molecule has 0 spiro atoms. The monoisotopic (exact) mass is 227 g/mol. The molecule has 0 saturated carbocycles. The van der Waals surface area contributed by atoms with Crippen LogP contribution in [0.3, 0.4) is 0 Å². The molecule has 2 heterocycles. The summed E-state index contributed by atoms with van der Waals surface area (Å²) in [6.45, 7) is 4.89. The maximum atomic E-state index is 6.30. The van der Waals surface area contributed by atoms with E-state index in [0.29, 0.717) is 6.61 Å². The standard InChI is InChI=1S/C12H21NO3/c1-2-16-12(5-8-14-9-6-12)11(13)10-4-3-7-15-10/h4,11H,2-3,5-9,13H2,1H3. The van der Waals surface area contributed by atoms with Crippen LogP contribution in [0.4, 0.5) is 0 Å². The van der Waals surface area contributed by atoms with Crippen LogP contribution in [0.25, 0.3) is 0 Å². The van der Waals surface area contributed by atoms with Crippen LogP contribution >= 0.6 is 0 Å². The van der Waals surface area contributed by atoms with Gasteiger partial charge in [-0.2, -0.15) is 0 Å². The fraction of sp³-hybridized carbons (Fsp3) is 0.833. The lowest BCUT2D eigenvalue weighted by molar-refractivity contribution is -0.120. The number of hydrogen-bond acceptors (Lipinski definition) is 4. The highest BCUT2D eigenvalue weighted by Gasteiger charge is 2.42. The van der Waals surface area contributed by atoms with Crippen molar-refractivity contribution in [1.82, 2.24) is 0 Å². The van der Waals surface area contributed by atoms with Crippen LogP contribution < -0.4 is 5.73 Å². The quantitative estimate of drug-likeness (QED) is 0.784. The first-order valence-corrected chi connectivity index (χ1v) is 6.08. The van der Waals surface area contributed by atoms with Crippen LogP contribution in [0.15, 0.2) is 11.8 Å². The molecule has 0 aromatic carbocycles. The van der Waals surface area contributed by atoms with Gasteiger partial charge in [-0.15, -0.1) is 0 Å². The van der Waals surface area contributed by atoms with Gasteiger partial charge in [0, 0.05) is 39.1 Å². The maximum absolute atomic E-state index is 6.30. The molecule has 16 heavy (non-hydrogen) atoms. The molecule has 2 N–H and O–H groups in total. The molecule has 0 aliphatic carbocycles. The summed E-state index contributed by atoms with van der Waals surface area (Å²) >= 11 is 0. The lowest BCUT2D eigenvalue weighted by Crippen LogP contribution is -2.54. The molecule has 1 unspecified atom stereocenters. The Morgan fingerprint density at radius 1 is 1.44 bits per heavy atom. The van der Waals surface area contributed by atoms with Gasteiger partial charge < -0.3 is 19.9 Å². The van der Waals surface area contributed by atoms with Crippen LogP contribution in [-0.4, -0.2) is 38.1 Å². The third kappa shape index (κ3) is 2.24. The molecule has 0 amide bonds. The fourth-order valence-corrected chi connectivity index (χ4v) is 2.46. The smallest absolute Gasteiger partial charge is 0.112 e. The first-order chi connectivity index (χ1) is 7.78.